The summed E-state index contributed by atoms with van der Waals surface area (Å²) in [7, 11) is 4.23. The van der Waals surface area contributed by atoms with Crippen molar-refractivity contribution in [2.24, 2.45) is 0 Å². The molecule has 0 radical (unpaired) electrons. The topological polar surface area (TPSA) is 15.3 Å². The first-order valence-electron chi connectivity index (χ1n) is 6.08. The molecule has 0 amide bonds. The molecule has 3 heteroatoms. The largest absolute Gasteiger partial charge is 0.309 e. The zero-order chi connectivity index (χ0) is 12.8. The third-order valence-corrected chi connectivity index (χ3v) is 3.96. The Bertz CT molecular complexity index is 321. The summed E-state index contributed by atoms with van der Waals surface area (Å²) in [5.41, 5.74) is 1.36. The fourth-order valence-electron chi connectivity index (χ4n) is 1.54. The Hall–Kier alpha value is -0.510. The maximum absolute atomic E-state index is 3.57. The van der Waals surface area contributed by atoms with Gasteiger partial charge < -0.3 is 10.2 Å². The lowest BCUT2D eigenvalue weighted by Gasteiger charge is -2.23. The number of hydrogen-bond donors (Lipinski definition) is 1. The van der Waals surface area contributed by atoms with E-state index in [9.17, 15) is 0 Å². The highest BCUT2D eigenvalue weighted by atomic mass is 32.2. The maximum Gasteiger partial charge on any atom is 0.0292 e. The Morgan fingerprint density at radius 1 is 1.18 bits per heavy atom. The Morgan fingerprint density at radius 3 is 2.24 bits per heavy atom. The average Bonchev–Trinajstić information content (AvgIpc) is 2.35. The van der Waals surface area contributed by atoms with Gasteiger partial charge in [0.05, 0.1) is 0 Å². The summed E-state index contributed by atoms with van der Waals surface area (Å²) in [5.74, 6) is 0. The van der Waals surface area contributed by atoms with Gasteiger partial charge in [-0.25, -0.2) is 0 Å². The lowest BCUT2D eigenvalue weighted by atomic mass is 10.1. The number of nitrogens with zero attached hydrogens (tertiary/aromatic N) is 1. The summed E-state index contributed by atoms with van der Waals surface area (Å²) >= 11 is 1.78. The van der Waals surface area contributed by atoms with Crippen LogP contribution in [-0.4, -0.2) is 37.8 Å². The molecule has 0 heterocycles. The van der Waals surface area contributed by atoms with Crippen molar-refractivity contribution < 1.29 is 0 Å². The minimum atomic E-state index is 0.410. The Labute approximate surface area is 110 Å². The molecule has 0 spiro atoms. The first-order valence-corrected chi connectivity index (χ1v) is 7.30. The minimum absolute atomic E-state index is 0.410. The van der Waals surface area contributed by atoms with Crippen molar-refractivity contribution in [2.45, 2.75) is 30.8 Å². The molecule has 0 aromatic heterocycles. The Balaban J connectivity index is 2.48. The molecule has 0 aliphatic heterocycles. The number of thioether (sulfide) groups is 1. The molecule has 17 heavy (non-hydrogen) atoms. The lowest BCUT2D eigenvalue weighted by Crippen LogP contribution is -2.36. The predicted octanol–water partition coefficient (Wildman–Crippen LogP) is 3.01. The molecular weight excluding hydrogens is 228 g/mol. The van der Waals surface area contributed by atoms with Gasteiger partial charge in [0.25, 0.3) is 0 Å². The zero-order valence-electron chi connectivity index (χ0n) is 11.5. The molecule has 1 aromatic carbocycles. The van der Waals surface area contributed by atoms with Crippen LogP contribution in [0, 0.1) is 0 Å². The highest BCUT2D eigenvalue weighted by Gasteiger charge is 2.08. The Kier molecular flexibility index (Phi) is 6.03. The van der Waals surface area contributed by atoms with Gasteiger partial charge in [0.15, 0.2) is 0 Å². The molecule has 1 N–H and O–H groups in total. The van der Waals surface area contributed by atoms with E-state index in [1.807, 2.05) is 0 Å². The second-order valence-electron chi connectivity index (χ2n) is 4.72. The zero-order valence-corrected chi connectivity index (χ0v) is 12.3. The van der Waals surface area contributed by atoms with Crippen molar-refractivity contribution in [1.29, 1.82) is 0 Å². The predicted molar refractivity (Wildman–Crippen MR) is 77.8 cm³/mol. The monoisotopic (exact) mass is 252 g/mol. The van der Waals surface area contributed by atoms with Crippen LogP contribution in [0.15, 0.2) is 29.2 Å². The molecule has 2 nitrogen and oxygen atoms in total. The van der Waals surface area contributed by atoms with Gasteiger partial charge >= 0.3 is 0 Å². The molecule has 0 fully saturated rings. The van der Waals surface area contributed by atoms with Gasteiger partial charge in [-0.05, 0) is 51.9 Å². The van der Waals surface area contributed by atoms with Gasteiger partial charge in [0, 0.05) is 23.5 Å². The summed E-state index contributed by atoms with van der Waals surface area (Å²) in [4.78, 5) is 3.55. The molecule has 2 unspecified atom stereocenters. The Morgan fingerprint density at radius 2 is 1.76 bits per heavy atom. The second-order valence-corrected chi connectivity index (χ2v) is 5.60. The summed E-state index contributed by atoms with van der Waals surface area (Å²) in [6.45, 7) is 5.46. The molecule has 0 saturated heterocycles. The first kappa shape index (κ1) is 14.6. The van der Waals surface area contributed by atoms with E-state index in [0.717, 1.165) is 6.54 Å². The van der Waals surface area contributed by atoms with E-state index in [2.05, 4.69) is 68.7 Å². The average molecular weight is 252 g/mol. The number of hydrogen-bond acceptors (Lipinski definition) is 3. The normalized spacial score (nSPS) is 14.9. The van der Waals surface area contributed by atoms with E-state index >= 15 is 0 Å². The van der Waals surface area contributed by atoms with Gasteiger partial charge in [-0.15, -0.1) is 11.8 Å². The van der Waals surface area contributed by atoms with Crippen molar-refractivity contribution in [3.8, 4) is 0 Å². The summed E-state index contributed by atoms with van der Waals surface area (Å²) in [6, 6.07) is 9.77. The molecule has 1 rings (SSSR count). The van der Waals surface area contributed by atoms with Gasteiger partial charge in [0.2, 0.25) is 0 Å². The molecule has 0 bridgehead atoms. The van der Waals surface area contributed by atoms with Crippen LogP contribution in [0.3, 0.4) is 0 Å². The third kappa shape index (κ3) is 4.70. The molecule has 0 aliphatic rings. The fourth-order valence-corrected chi connectivity index (χ4v) is 1.95. The third-order valence-electron chi connectivity index (χ3n) is 3.22. The van der Waals surface area contributed by atoms with E-state index in [0.29, 0.717) is 12.1 Å². The van der Waals surface area contributed by atoms with Gasteiger partial charge in [-0.3, -0.25) is 0 Å². The molecule has 0 saturated carbocycles. The van der Waals surface area contributed by atoms with Gasteiger partial charge in [-0.1, -0.05) is 12.1 Å². The van der Waals surface area contributed by atoms with Crippen molar-refractivity contribution in [3.05, 3.63) is 29.8 Å². The molecular formula is C14H24N2S. The van der Waals surface area contributed by atoms with E-state index in [1.54, 1.807) is 11.8 Å². The molecule has 0 aliphatic carbocycles. The smallest absolute Gasteiger partial charge is 0.0292 e. The number of likely N-dealkylation sites (N-methyl/N-ethyl adjacent to an activating group) is 1. The van der Waals surface area contributed by atoms with Crippen molar-refractivity contribution in [2.75, 3.05) is 26.9 Å². The SMILES string of the molecule is CSc1ccc(C(C)NCC(C)N(C)C)cc1. The number of nitrogens with one attached hydrogen (secondary N) is 1. The lowest BCUT2D eigenvalue weighted by molar-refractivity contribution is 0.295. The van der Waals surface area contributed by atoms with E-state index < -0.39 is 0 Å². The van der Waals surface area contributed by atoms with Gasteiger partial charge in [0.1, 0.15) is 0 Å². The molecule has 1 aromatic rings. The van der Waals surface area contributed by atoms with Crippen LogP contribution in [0.5, 0.6) is 0 Å². The van der Waals surface area contributed by atoms with Crippen LogP contribution in [0.4, 0.5) is 0 Å². The molecule has 96 valence electrons. The van der Waals surface area contributed by atoms with Crippen LogP contribution >= 0.6 is 11.8 Å². The fraction of sp³-hybridized carbons (Fsp3) is 0.571. The van der Waals surface area contributed by atoms with E-state index in [4.69, 9.17) is 0 Å². The van der Waals surface area contributed by atoms with E-state index in [1.165, 1.54) is 10.5 Å². The standard InChI is InChI=1S/C14H24N2S/c1-11(16(3)4)10-15-12(2)13-6-8-14(17-5)9-7-13/h6-9,11-12,15H,10H2,1-5H3. The van der Waals surface area contributed by atoms with Crippen LogP contribution in [0.1, 0.15) is 25.5 Å². The van der Waals surface area contributed by atoms with Crippen molar-refractivity contribution in [1.82, 2.24) is 10.2 Å². The van der Waals surface area contributed by atoms with Crippen molar-refractivity contribution >= 4 is 11.8 Å². The van der Waals surface area contributed by atoms with Crippen LogP contribution in [-0.2, 0) is 0 Å². The molecule has 2 atom stereocenters. The quantitative estimate of drug-likeness (QED) is 0.784. The number of rotatable bonds is 6. The first-order chi connectivity index (χ1) is 8.04. The second kappa shape index (κ2) is 7.04. The summed E-state index contributed by atoms with van der Waals surface area (Å²) in [6.07, 6.45) is 2.11. The highest BCUT2D eigenvalue weighted by molar-refractivity contribution is 7.98. The summed E-state index contributed by atoms with van der Waals surface area (Å²) in [5, 5.41) is 3.57. The summed E-state index contributed by atoms with van der Waals surface area (Å²) < 4.78 is 0. The van der Waals surface area contributed by atoms with E-state index in [-0.39, 0.29) is 0 Å². The van der Waals surface area contributed by atoms with Crippen molar-refractivity contribution in [3.63, 3.8) is 0 Å². The van der Waals surface area contributed by atoms with Gasteiger partial charge in [-0.2, -0.15) is 0 Å². The highest BCUT2D eigenvalue weighted by Crippen LogP contribution is 2.18. The minimum Gasteiger partial charge on any atom is -0.309 e. The van der Waals surface area contributed by atoms with Crippen LogP contribution < -0.4 is 5.32 Å². The maximum atomic E-state index is 3.57. The van der Waals surface area contributed by atoms with Crippen LogP contribution in [0.2, 0.25) is 0 Å². The number of benzene rings is 1. The van der Waals surface area contributed by atoms with Crippen LogP contribution in [0.25, 0.3) is 0 Å².